The van der Waals surface area contributed by atoms with E-state index in [1.165, 1.54) is 0 Å². The van der Waals surface area contributed by atoms with Gasteiger partial charge in [0.1, 0.15) is 0 Å². The Morgan fingerprint density at radius 1 is 1.00 bits per heavy atom. The topological polar surface area (TPSA) is 23.8 Å². The summed E-state index contributed by atoms with van der Waals surface area (Å²) in [4.78, 5) is 0. The van der Waals surface area contributed by atoms with Gasteiger partial charge >= 0.3 is 12.4 Å². The highest BCUT2D eigenvalue weighted by Crippen LogP contribution is 2.39. The second-order valence-corrected chi connectivity index (χ2v) is 3.53. The lowest BCUT2D eigenvalue weighted by Crippen LogP contribution is -2.14. The number of halogens is 6. The summed E-state index contributed by atoms with van der Waals surface area (Å²) in [5.41, 5.74) is -3.73. The number of nitriles is 1. The van der Waals surface area contributed by atoms with Crippen LogP contribution in [-0.2, 0) is 12.4 Å². The molecule has 0 saturated carbocycles. The first kappa shape index (κ1) is 15.1. The molecule has 1 aromatic carbocycles. The molecular weight excluding hydrogens is 272 g/mol. The molecule has 0 atom stereocenters. The molecule has 1 rings (SSSR count). The lowest BCUT2D eigenvalue weighted by atomic mass is 9.99. The summed E-state index contributed by atoms with van der Waals surface area (Å²) in [6, 6.07) is 3.45. The van der Waals surface area contributed by atoms with Gasteiger partial charge < -0.3 is 0 Å². The zero-order valence-corrected chi connectivity index (χ0v) is 9.31. The Morgan fingerprint density at radius 2 is 1.47 bits per heavy atom. The van der Waals surface area contributed by atoms with Crippen LogP contribution in [0.4, 0.5) is 26.3 Å². The quantitative estimate of drug-likeness (QED) is 0.723. The Balaban J connectivity index is 3.47. The fraction of sp³-hybridized carbons (Fsp3) is 0.250. The monoisotopic (exact) mass is 279 g/mol. The summed E-state index contributed by atoms with van der Waals surface area (Å²) >= 11 is 0. The molecule has 0 heterocycles. The van der Waals surface area contributed by atoms with Crippen LogP contribution in [-0.4, -0.2) is 0 Å². The van der Waals surface area contributed by atoms with Crippen LogP contribution >= 0.6 is 0 Å². The molecule has 0 unspecified atom stereocenters. The van der Waals surface area contributed by atoms with Crippen molar-refractivity contribution in [3.8, 4) is 6.07 Å². The van der Waals surface area contributed by atoms with Crippen LogP contribution in [0.1, 0.15) is 23.1 Å². The minimum Gasteiger partial charge on any atom is -0.198 e. The highest BCUT2D eigenvalue weighted by atomic mass is 19.4. The molecule has 1 aromatic rings. The average Bonchev–Trinajstić information content (AvgIpc) is 2.26. The number of hydrogen-bond acceptors (Lipinski definition) is 1. The molecule has 0 aliphatic rings. The number of alkyl halides is 6. The standard InChI is InChI=1S/C12H7F6N/c13-11(14,15)9-5-3-6-10(12(16,17)18)8(9)4-1-2-7-19/h1,3-6H,2H2. The minimum atomic E-state index is -4.90. The third kappa shape index (κ3) is 3.74. The minimum absolute atomic E-state index is 0.274. The van der Waals surface area contributed by atoms with Gasteiger partial charge in [-0.1, -0.05) is 18.2 Å². The SMILES string of the molecule is N#CCC=Cc1c(C(F)(F)F)cccc1C(F)(F)F. The maximum absolute atomic E-state index is 12.7. The van der Waals surface area contributed by atoms with Crippen LogP contribution in [0.3, 0.4) is 0 Å². The van der Waals surface area contributed by atoms with Crippen molar-refractivity contribution >= 4 is 6.08 Å². The zero-order chi connectivity index (χ0) is 14.7. The Labute approximate surface area is 104 Å². The highest BCUT2D eigenvalue weighted by Gasteiger charge is 2.39. The summed E-state index contributed by atoms with van der Waals surface area (Å²) in [6.45, 7) is 0. The van der Waals surface area contributed by atoms with Gasteiger partial charge in [-0.3, -0.25) is 0 Å². The molecule has 1 nitrogen and oxygen atoms in total. The first-order valence-electron chi connectivity index (χ1n) is 4.99. The van der Waals surface area contributed by atoms with Crippen molar-refractivity contribution in [1.82, 2.24) is 0 Å². The van der Waals surface area contributed by atoms with E-state index in [9.17, 15) is 26.3 Å². The first-order chi connectivity index (χ1) is 8.68. The van der Waals surface area contributed by atoms with Crippen LogP contribution in [0.2, 0.25) is 0 Å². The fourth-order valence-corrected chi connectivity index (χ4v) is 1.47. The van der Waals surface area contributed by atoms with Crippen molar-refractivity contribution in [2.75, 3.05) is 0 Å². The first-order valence-corrected chi connectivity index (χ1v) is 4.99. The van der Waals surface area contributed by atoms with Crippen LogP contribution in [0, 0.1) is 11.3 Å². The van der Waals surface area contributed by atoms with Crippen LogP contribution in [0.25, 0.3) is 6.08 Å². The number of nitrogens with zero attached hydrogens (tertiary/aromatic N) is 1. The van der Waals surface area contributed by atoms with E-state index in [0.717, 1.165) is 6.08 Å². The molecule has 0 aliphatic heterocycles. The van der Waals surface area contributed by atoms with Crippen molar-refractivity contribution < 1.29 is 26.3 Å². The average molecular weight is 279 g/mol. The third-order valence-electron chi connectivity index (χ3n) is 2.21. The fourth-order valence-electron chi connectivity index (χ4n) is 1.47. The Bertz CT molecular complexity index is 486. The van der Waals surface area contributed by atoms with E-state index in [0.29, 0.717) is 24.3 Å². The van der Waals surface area contributed by atoms with Crippen molar-refractivity contribution in [3.05, 3.63) is 41.0 Å². The van der Waals surface area contributed by atoms with Gasteiger partial charge in [-0.15, -0.1) is 0 Å². The van der Waals surface area contributed by atoms with Gasteiger partial charge in [0, 0.05) is 0 Å². The van der Waals surface area contributed by atoms with E-state index in [2.05, 4.69) is 0 Å². The predicted molar refractivity (Wildman–Crippen MR) is 55.7 cm³/mol. The molecule has 0 radical (unpaired) electrons. The van der Waals surface area contributed by atoms with Gasteiger partial charge in [-0.05, 0) is 17.7 Å². The molecule has 0 saturated heterocycles. The van der Waals surface area contributed by atoms with E-state index >= 15 is 0 Å². The molecule has 0 aliphatic carbocycles. The molecular formula is C12H7F6N. The molecule has 102 valence electrons. The molecule has 7 heteroatoms. The van der Waals surface area contributed by atoms with E-state index < -0.39 is 29.0 Å². The lowest BCUT2D eigenvalue weighted by Gasteiger charge is -2.16. The van der Waals surface area contributed by atoms with Gasteiger partial charge in [0.15, 0.2) is 0 Å². The van der Waals surface area contributed by atoms with Crippen LogP contribution in [0.15, 0.2) is 24.3 Å². The zero-order valence-electron chi connectivity index (χ0n) is 9.31. The smallest absolute Gasteiger partial charge is 0.198 e. The summed E-state index contributed by atoms with van der Waals surface area (Å²) < 4.78 is 76.0. The normalized spacial score (nSPS) is 12.7. The van der Waals surface area contributed by atoms with Crippen molar-refractivity contribution in [1.29, 1.82) is 5.26 Å². The third-order valence-corrected chi connectivity index (χ3v) is 2.21. The molecule has 0 amide bonds. The molecule has 0 bridgehead atoms. The van der Waals surface area contributed by atoms with E-state index in [4.69, 9.17) is 5.26 Å². The van der Waals surface area contributed by atoms with Crippen molar-refractivity contribution in [2.45, 2.75) is 18.8 Å². The van der Waals surface area contributed by atoms with E-state index in [1.54, 1.807) is 6.07 Å². The molecule has 0 aromatic heterocycles. The molecule has 0 N–H and O–H groups in total. The molecule has 19 heavy (non-hydrogen) atoms. The van der Waals surface area contributed by atoms with Crippen LogP contribution in [0.5, 0.6) is 0 Å². The largest absolute Gasteiger partial charge is 0.417 e. The molecule has 0 spiro atoms. The Morgan fingerprint density at radius 3 is 1.84 bits per heavy atom. The lowest BCUT2D eigenvalue weighted by molar-refractivity contribution is -0.143. The number of hydrogen-bond donors (Lipinski definition) is 0. The van der Waals surface area contributed by atoms with Crippen LogP contribution < -0.4 is 0 Å². The van der Waals surface area contributed by atoms with Gasteiger partial charge in [-0.2, -0.15) is 31.6 Å². The molecule has 0 fully saturated rings. The van der Waals surface area contributed by atoms with Gasteiger partial charge in [0.2, 0.25) is 0 Å². The second kappa shape index (κ2) is 5.34. The Kier molecular flexibility index (Phi) is 4.24. The van der Waals surface area contributed by atoms with Gasteiger partial charge in [0.05, 0.1) is 23.6 Å². The van der Waals surface area contributed by atoms with E-state index in [1.807, 2.05) is 0 Å². The van der Waals surface area contributed by atoms with Gasteiger partial charge in [-0.25, -0.2) is 0 Å². The van der Waals surface area contributed by atoms with Gasteiger partial charge in [0.25, 0.3) is 0 Å². The van der Waals surface area contributed by atoms with Crippen molar-refractivity contribution in [2.24, 2.45) is 0 Å². The Hall–Kier alpha value is -1.97. The summed E-state index contributed by atoms with van der Waals surface area (Å²) in [5.74, 6) is 0. The number of allylic oxidation sites excluding steroid dienone is 1. The summed E-state index contributed by atoms with van der Waals surface area (Å²) in [7, 11) is 0. The maximum Gasteiger partial charge on any atom is 0.417 e. The summed E-state index contributed by atoms with van der Waals surface area (Å²) in [6.07, 6.45) is -8.43. The predicted octanol–water partition coefficient (Wildman–Crippen LogP) is 4.65. The number of rotatable bonds is 2. The van der Waals surface area contributed by atoms with Crippen molar-refractivity contribution in [3.63, 3.8) is 0 Å². The van der Waals surface area contributed by atoms with E-state index in [-0.39, 0.29) is 6.42 Å². The number of benzene rings is 1. The second-order valence-electron chi connectivity index (χ2n) is 3.53. The maximum atomic E-state index is 12.7. The summed E-state index contributed by atoms with van der Waals surface area (Å²) in [5, 5.41) is 8.26. The highest BCUT2D eigenvalue weighted by molar-refractivity contribution is 5.60.